The summed E-state index contributed by atoms with van der Waals surface area (Å²) in [5.74, 6) is 1.37. The molecule has 0 unspecified atom stereocenters. The van der Waals surface area contributed by atoms with Crippen molar-refractivity contribution in [2.45, 2.75) is 4.90 Å². The van der Waals surface area contributed by atoms with Gasteiger partial charge in [-0.1, -0.05) is 0 Å². The monoisotopic (exact) mass is 475 g/mol. The molecule has 3 aromatic heterocycles. The highest BCUT2D eigenvalue weighted by molar-refractivity contribution is 7.89. The fourth-order valence-electron chi connectivity index (χ4n) is 4.04. The summed E-state index contributed by atoms with van der Waals surface area (Å²) in [6.07, 6.45) is 4.78. The number of methoxy groups -OCH3 is 1. The molecule has 1 aromatic carbocycles. The van der Waals surface area contributed by atoms with E-state index < -0.39 is 10.0 Å². The first-order valence-corrected chi connectivity index (χ1v) is 12.0. The second-order valence-corrected chi connectivity index (χ2v) is 9.67. The van der Waals surface area contributed by atoms with Gasteiger partial charge in [0.1, 0.15) is 29.6 Å². The van der Waals surface area contributed by atoms with E-state index >= 15 is 0 Å². The lowest BCUT2D eigenvalue weighted by atomic mass is 10.1. The predicted octanol–water partition coefficient (Wildman–Crippen LogP) is 2.41. The molecule has 0 saturated carbocycles. The van der Waals surface area contributed by atoms with E-state index in [2.05, 4.69) is 30.9 Å². The number of piperazine rings is 1. The molecule has 0 spiro atoms. The molecule has 4 aromatic rings. The van der Waals surface area contributed by atoms with Crippen LogP contribution in [0.25, 0.3) is 22.3 Å². The smallest absolute Gasteiger partial charge is 0.243 e. The molecule has 1 fully saturated rings. The van der Waals surface area contributed by atoms with Crippen molar-refractivity contribution in [2.75, 3.05) is 38.2 Å². The van der Waals surface area contributed by atoms with E-state index in [1.54, 1.807) is 43.8 Å². The number of anilines is 1. The van der Waals surface area contributed by atoms with Crippen LogP contribution in [-0.2, 0) is 10.0 Å². The van der Waals surface area contributed by atoms with E-state index in [9.17, 15) is 13.7 Å². The zero-order valence-electron chi connectivity index (χ0n) is 18.3. The van der Waals surface area contributed by atoms with Crippen LogP contribution in [0.5, 0.6) is 5.75 Å². The van der Waals surface area contributed by atoms with Gasteiger partial charge in [-0.05, 0) is 36.4 Å². The summed E-state index contributed by atoms with van der Waals surface area (Å²) in [4.78, 5) is 18.4. The largest absolute Gasteiger partial charge is 0.497 e. The van der Waals surface area contributed by atoms with E-state index in [0.29, 0.717) is 54.2 Å². The average molecular weight is 476 g/mol. The molecule has 1 N–H and O–H groups in total. The van der Waals surface area contributed by atoms with Crippen molar-refractivity contribution in [2.24, 2.45) is 0 Å². The number of aromatic nitrogens is 4. The number of rotatable bonds is 5. The van der Waals surface area contributed by atoms with Gasteiger partial charge in [0.25, 0.3) is 0 Å². The quantitative estimate of drug-likeness (QED) is 0.466. The van der Waals surface area contributed by atoms with Crippen molar-refractivity contribution in [3.05, 3.63) is 60.7 Å². The molecule has 34 heavy (non-hydrogen) atoms. The molecule has 4 heterocycles. The van der Waals surface area contributed by atoms with Crippen molar-refractivity contribution >= 4 is 26.9 Å². The van der Waals surface area contributed by atoms with Crippen LogP contribution < -0.4 is 9.64 Å². The molecule has 0 amide bonds. The van der Waals surface area contributed by atoms with Gasteiger partial charge >= 0.3 is 0 Å². The summed E-state index contributed by atoms with van der Waals surface area (Å²) in [5, 5.41) is 10.0. The fourth-order valence-corrected chi connectivity index (χ4v) is 5.46. The Labute approximate surface area is 196 Å². The van der Waals surface area contributed by atoms with Crippen LogP contribution in [0.15, 0.2) is 60.0 Å². The zero-order chi connectivity index (χ0) is 23.7. The summed E-state index contributed by atoms with van der Waals surface area (Å²) >= 11 is 0. The minimum atomic E-state index is -3.57. The van der Waals surface area contributed by atoms with Gasteiger partial charge in [-0.3, -0.25) is 0 Å². The third-order valence-corrected chi connectivity index (χ3v) is 7.78. The molecule has 10 nitrogen and oxygen atoms in total. The van der Waals surface area contributed by atoms with Gasteiger partial charge in [-0.25, -0.2) is 23.4 Å². The van der Waals surface area contributed by atoms with Crippen LogP contribution in [-0.4, -0.2) is 65.9 Å². The molecule has 5 rings (SSSR count). The van der Waals surface area contributed by atoms with Gasteiger partial charge in [-0.15, -0.1) is 0 Å². The third kappa shape index (κ3) is 3.83. The lowest BCUT2D eigenvalue weighted by Gasteiger charge is -2.34. The lowest BCUT2D eigenvalue weighted by molar-refractivity contribution is 0.383. The number of aromatic amines is 1. The van der Waals surface area contributed by atoms with Gasteiger partial charge in [0, 0.05) is 44.1 Å². The number of hydrogen-bond acceptors (Lipinski definition) is 8. The second-order valence-electron chi connectivity index (χ2n) is 7.73. The second kappa shape index (κ2) is 8.74. The van der Waals surface area contributed by atoms with E-state index in [1.165, 1.54) is 10.6 Å². The molecule has 0 atom stereocenters. The van der Waals surface area contributed by atoms with Gasteiger partial charge in [0.05, 0.1) is 28.6 Å². The maximum atomic E-state index is 13.0. The maximum Gasteiger partial charge on any atom is 0.243 e. The first kappa shape index (κ1) is 21.8. The summed E-state index contributed by atoms with van der Waals surface area (Å²) in [7, 11) is -2.03. The van der Waals surface area contributed by atoms with Crippen LogP contribution in [0.2, 0.25) is 0 Å². The van der Waals surface area contributed by atoms with E-state index in [-0.39, 0.29) is 4.90 Å². The topological polar surface area (TPSA) is 128 Å². The number of sulfonamides is 1. The Morgan fingerprint density at radius 2 is 1.79 bits per heavy atom. The first-order chi connectivity index (χ1) is 16.5. The van der Waals surface area contributed by atoms with Crippen molar-refractivity contribution in [3.8, 4) is 23.1 Å². The number of H-pyrrole nitrogens is 1. The molecule has 0 radical (unpaired) electrons. The van der Waals surface area contributed by atoms with Gasteiger partial charge in [-0.2, -0.15) is 9.57 Å². The average Bonchev–Trinajstić information content (AvgIpc) is 3.32. The number of hydrogen-bond donors (Lipinski definition) is 1. The normalized spacial score (nSPS) is 14.8. The van der Waals surface area contributed by atoms with Crippen molar-refractivity contribution in [1.29, 1.82) is 5.26 Å². The van der Waals surface area contributed by atoms with Gasteiger partial charge in [0.15, 0.2) is 0 Å². The third-order valence-electron chi connectivity index (χ3n) is 5.87. The van der Waals surface area contributed by atoms with Gasteiger partial charge in [0.2, 0.25) is 10.0 Å². The van der Waals surface area contributed by atoms with Crippen LogP contribution >= 0.6 is 0 Å². The van der Waals surface area contributed by atoms with E-state index in [0.717, 1.165) is 11.4 Å². The summed E-state index contributed by atoms with van der Waals surface area (Å²) < 4.78 is 32.6. The Morgan fingerprint density at radius 3 is 2.44 bits per heavy atom. The molecule has 11 heteroatoms. The van der Waals surface area contributed by atoms with Crippen LogP contribution in [0.1, 0.15) is 5.56 Å². The molecule has 172 valence electrons. The van der Waals surface area contributed by atoms with Crippen LogP contribution in [0.4, 0.5) is 5.82 Å². The molecule has 0 bridgehead atoms. The predicted molar refractivity (Wildman–Crippen MR) is 126 cm³/mol. The number of benzene rings is 1. The molecule has 1 aliphatic heterocycles. The molecule has 0 aliphatic carbocycles. The van der Waals surface area contributed by atoms with Crippen LogP contribution in [0, 0.1) is 11.3 Å². The summed E-state index contributed by atoms with van der Waals surface area (Å²) in [6.45, 7) is 1.77. The Balaban J connectivity index is 1.31. The first-order valence-electron chi connectivity index (χ1n) is 10.6. The van der Waals surface area contributed by atoms with E-state index in [4.69, 9.17) is 4.74 Å². The SMILES string of the molecule is COc1ccc(S(=O)(=O)N2CCN(c3ccc(-c4ncnc5[nH]cc(C#N)c45)cn3)CC2)cc1. The highest BCUT2D eigenvalue weighted by Crippen LogP contribution is 2.29. The lowest BCUT2D eigenvalue weighted by Crippen LogP contribution is -2.48. The maximum absolute atomic E-state index is 13.0. The zero-order valence-corrected chi connectivity index (χ0v) is 19.2. The summed E-state index contributed by atoms with van der Waals surface area (Å²) in [5.41, 5.74) is 2.48. The fraction of sp³-hybridized carbons (Fsp3) is 0.217. The number of nitriles is 1. The Morgan fingerprint density at radius 1 is 1.03 bits per heavy atom. The van der Waals surface area contributed by atoms with Crippen molar-refractivity contribution in [1.82, 2.24) is 24.2 Å². The minimum absolute atomic E-state index is 0.252. The Kier molecular flexibility index (Phi) is 5.61. The highest BCUT2D eigenvalue weighted by atomic mass is 32.2. The van der Waals surface area contributed by atoms with Gasteiger partial charge < -0.3 is 14.6 Å². The number of fused-ring (bicyclic) bond motifs is 1. The van der Waals surface area contributed by atoms with Crippen molar-refractivity contribution < 1.29 is 13.2 Å². The molecule has 1 saturated heterocycles. The van der Waals surface area contributed by atoms with Crippen LogP contribution in [0.3, 0.4) is 0 Å². The molecular weight excluding hydrogens is 454 g/mol. The number of nitrogens with zero attached hydrogens (tertiary/aromatic N) is 6. The molecule has 1 aliphatic rings. The van der Waals surface area contributed by atoms with E-state index in [1.807, 2.05) is 12.1 Å². The number of nitrogens with one attached hydrogen (secondary N) is 1. The Bertz CT molecular complexity index is 1470. The molecular formula is C23H21N7O3S. The Hall–Kier alpha value is -4.01. The minimum Gasteiger partial charge on any atom is -0.497 e. The van der Waals surface area contributed by atoms with Crippen molar-refractivity contribution in [3.63, 3.8) is 0 Å². The standard InChI is InChI=1S/C23H21N7O3S/c1-33-18-3-5-19(6-4-18)34(31,32)30-10-8-29(9-11-30)20-7-2-16(13-25-20)22-21-17(12-24)14-26-23(21)28-15-27-22/h2-7,13-15H,8-11H2,1H3,(H,26,27,28). The summed E-state index contributed by atoms with van der Waals surface area (Å²) in [6, 6.07) is 12.4. The highest BCUT2D eigenvalue weighted by Gasteiger charge is 2.29. The number of pyridine rings is 1. The number of ether oxygens (including phenoxy) is 1.